The van der Waals surface area contributed by atoms with E-state index in [1.165, 1.54) is 12.1 Å². The van der Waals surface area contributed by atoms with Crippen molar-refractivity contribution >= 4 is 17.6 Å². The summed E-state index contributed by atoms with van der Waals surface area (Å²) in [4.78, 5) is 29.1. The molecule has 1 saturated heterocycles. The van der Waals surface area contributed by atoms with Gasteiger partial charge in [0.2, 0.25) is 0 Å². The van der Waals surface area contributed by atoms with Crippen LogP contribution in [0.15, 0.2) is 42.5 Å². The van der Waals surface area contributed by atoms with Gasteiger partial charge in [-0.15, -0.1) is 0 Å². The van der Waals surface area contributed by atoms with Crippen molar-refractivity contribution in [3.63, 3.8) is 0 Å². The number of hydrogen-bond donors (Lipinski definition) is 2. The van der Waals surface area contributed by atoms with Crippen LogP contribution in [0.2, 0.25) is 0 Å². The Balaban J connectivity index is 1.65. The molecule has 1 fully saturated rings. The van der Waals surface area contributed by atoms with E-state index < -0.39 is 0 Å². The number of carbonyl (C=O) groups excluding carboxylic acids is 2. The molecule has 1 heterocycles. The van der Waals surface area contributed by atoms with Gasteiger partial charge in [-0.05, 0) is 56.4 Å². The Morgan fingerprint density at radius 2 is 1.87 bits per heavy atom. The minimum atomic E-state index is -0.387. The number of rotatable bonds is 6. The van der Waals surface area contributed by atoms with Gasteiger partial charge in [-0.3, -0.25) is 4.79 Å². The number of halogens is 1. The maximum atomic E-state index is 13.6. The number of morpholine rings is 1. The molecule has 1 aliphatic rings. The van der Waals surface area contributed by atoms with Gasteiger partial charge in [-0.1, -0.05) is 18.2 Å². The molecular formula is C23H29FN4O3. The molecule has 8 heteroatoms. The Morgan fingerprint density at radius 1 is 1.16 bits per heavy atom. The highest BCUT2D eigenvalue weighted by atomic mass is 19.1. The Bertz CT molecular complexity index is 929. The van der Waals surface area contributed by atoms with Crippen molar-refractivity contribution < 1.29 is 18.7 Å². The number of carbonyl (C=O) groups is 2. The van der Waals surface area contributed by atoms with Crippen molar-refractivity contribution in [3.05, 3.63) is 65.0 Å². The van der Waals surface area contributed by atoms with Gasteiger partial charge >= 0.3 is 6.03 Å². The van der Waals surface area contributed by atoms with Crippen LogP contribution in [-0.2, 0) is 4.74 Å². The van der Waals surface area contributed by atoms with E-state index in [0.717, 1.165) is 5.56 Å². The molecule has 7 nitrogen and oxygen atoms in total. The molecule has 2 N–H and O–H groups in total. The summed E-state index contributed by atoms with van der Waals surface area (Å²) < 4.78 is 18.9. The first-order valence-corrected chi connectivity index (χ1v) is 10.3. The number of nitrogens with one attached hydrogen (secondary N) is 2. The van der Waals surface area contributed by atoms with E-state index in [1.54, 1.807) is 29.2 Å². The predicted molar refractivity (Wildman–Crippen MR) is 118 cm³/mol. The maximum Gasteiger partial charge on any atom is 0.319 e. The summed E-state index contributed by atoms with van der Waals surface area (Å²) in [5.74, 6) is -0.380. The molecule has 0 bridgehead atoms. The quantitative estimate of drug-likeness (QED) is 0.742. The normalized spacial score (nSPS) is 14.9. The molecule has 0 radical (unpaired) electrons. The van der Waals surface area contributed by atoms with E-state index in [4.69, 9.17) is 4.74 Å². The second kappa shape index (κ2) is 10.4. The van der Waals surface area contributed by atoms with Crippen LogP contribution in [-0.4, -0.2) is 68.7 Å². The predicted octanol–water partition coefficient (Wildman–Crippen LogP) is 3.03. The lowest BCUT2D eigenvalue weighted by Gasteiger charge is -2.28. The lowest BCUT2D eigenvalue weighted by molar-refractivity contribution is 0.0302. The SMILES string of the molecule is Cc1c(NC(=O)NCC(c2cccc(F)c2)N(C)C)cccc1C(=O)N1CCOCC1. The monoisotopic (exact) mass is 428 g/mol. The van der Waals surface area contributed by atoms with E-state index in [9.17, 15) is 14.0 Å². The molecule has 31 heavy (non-hydrogen) atoms. The fourth-order valence-electron chi connectivity index (χ4n) is 3.61. The third-order valence-electron chi connectivity index (χ3n) is 5.42. The van der Waals surface area contributed by atoms with Gasteiger partial charge in [0.05, 0.1) is 19.3 Å². The molecule has 0 aromatic heterocycles. The minimum absolute atomic E-state index is 0.0661. The average Bonchev–Trinajstić information content (AvgIpc) is 2.75. The fourth-order valence-corrected chi connectivity index (χ4v) is 3.61. The molecule has 0 spiro atoms. The van der Waals surface area contributed by atoms with Gasteiger partial charge in [-0.25, -0.2) is 9.18 Å². The number of hydrogen-bond acceptors (Lipinski definition) is 4. The van der Waals surface area contributed by atoms with Crippen LogP contribution >= 0.6 is 0 Å². The average molecular weight is 429 g/mol. The Morgan fingerprint density at radius 3 is 2.55 bits per heavy atom. The summed E-state index contributed by atoms with van der Waals surface area (Å²) in [5.41, 5.74) is 2.62. The van der Waals surface area contributed by atoms with Crippen LogP contribution in [0.3, 0.4) is 0 Å². The molecule has 2 aromatic carbocycles. The van der Waals surface area contributed by atoms with Crippen LogP contribution in [0.25, 0.3) is 0 Å². The fraction of sp³-hybridized carbons (Fsp3) is 0.391. The molecule has 3 rings (SSSR count). The van der Waals surface area contributed by atoms with E-state index in [-0.39, 0.29) is 23.8 Å². The molecule has 0 aliphatic carbocycles. The smallest absolute Gasteiger partial charge is 0.319 e. The van der Waals surface area contributed by atoms with Crippen LogP contribution in [0.4, 0.5) is 14.9 Å². The maximum absolute atomic E-state index is 13.6. The first-order valence-electron chi connectivity index (χ1n) is 10.3. The van der Waals surface area contributed by atoms with Gasteiger partial charge in [-0.2, -0.15) is 0 Å². The molecule has 2 aromatic rings. The highest BCUT2D eigenvalue weighted by Gasteiger charge is 2.21. The lowest BCUT2D eigenvalue weighted by Crippen LogP contribution is -2.41. The molecule has 1 atom stereocenters. The molecule has 1 unspecified atom stereocenters. The number of likely N-dealkylation sites (N-methyl/N-ethyl adjacent to an activating group) is 1. The minimum Gasteiger partial charge on any atom is -0.378 e. The largest absolute Gasteiger partial charge is 0.378 e. The van der Waals surface area contributed by atoms with Crippen molar-refractivity contribution in [1.29, 1.82) is 0 Å². The first kappa shape index (κ1) is 22.7. The number of benzene rings is 2. The second-order valence-electron chi connectivity index (χ2n) is 7.75. The number of nitrogens with zero attached hydrogens (tertiary/aromatic N) is 2. The summed E-state index contributed by atoms with van der Waals surface area (Å²) in [6, 6.07) is 11.1. The summed E-state index contributed by atoms with van der Waals surface area (Å²) >= 11 is 0. The zero-order valence-corrected chi connectivity index (χ0v) is 18.2. The highest BCUT2D eigenvalue weighted by Crippen LogP contribution is 2.22. The van der Waals surface area contributed by atoms with Crippen LogP contribution in [0.1, 0.15) is 27.5 Å². The van der Waals surface area contributed by atoms with Crippen molar-refractivity contribution in [2.75, 3.05) is 52.3 Å². The topological polar surface area (TPSA) is 73.9 Å². The summed E-state index contributed by atoms with van der Waals surface area (Å²) in [6.45, 7) is 4.30. The van der Waals surface area contributed by atoms with E-state index >= 15 is 0 Å². The van der Waals surface area contributed by atoms with Crippen molar-refractivity contribution in [2.24, 2.45) is 0 Å². The first-order chi connectivity index (χ1) is 14.9. The van der Waals surface area contributed by atoms with Gasteiger partial charge in [0.15, 0.2) is 0 Å². The van der Waals surface area contributed by atoms with E-state index in [2.05, 4.69) is 10.6 Å². The zero-order valence-electron chi connectivity index (χ0n) is 18.2. The third kappa shape index (κ3) is 5.80. The second-order valence-corrected chi connectivity index (χ2v) is 7.75. The molecule has 1 aliphatic heterocycles. The number of ether oxygens (including phenoxy) is 1. The van der Waals surface area contributed by atoms with Crippen molar-refractivity contribution in [2.45, 2.75) is 13.0 Å². The Labute approximate surface area is 182 Å². The van der Waals surface area contributed by atoms with E-state index in [0.29, 0.717) is 49.7 Å². The van der Waals surface area contributed by atoms with Gasteiger partial charge in [0.25, 0.3) is 5.91 Å². The van der Waals surface area contributed by atoms with Crippen LogP contribution in [0, 0.1) is 12.7 Å². The van der Waals surface area contributed by atoms with Gasteiger partial charge < -0.3 is 25.2 Å². The molecule has 166 valence electrons. The number of anilines is 1. The zero-order chi connectivity index (χ0) is 22.4. The standard InChI is InChI=1S/C23H29FN4O3/c1-16-19(22(29)28-10-12-31-13-11-28)8-5-9-20(16)26-23(30)25-15-21(27(2)3)17-6-4-7-18(24)14-17/h4-9,14,21H,10-13,15H2,1-3H3,(H2,25,26,30). The van der Waals surface area contributed by atoms with E-state index in [1.807, 2.05) is 32.0 Å². The molecular weight excluding hydrogens is 399 g/mol. The highest BCUT2D eigenvalue weighted by molar-refractivity contribution is 5.99. The molecule has 3 amide bonds. The van der Waals surface area contributed by atoms with Crippen molar-refractivity contribution in [1.82, 2.24) is 15.1 Å². The Kier molecular flexibility index (Phi) is 7.59. The van der Waals surface area contributed by atoms with Crippen molar-refractivity contribution in [3.8, 4) is 0 Å². The summed E-state index contributed by atoms with van der Waals surface area (Å²) in [5, 5.41) is 5.67. The number of urea groups is 1. The molecule has 0 saturated carbocycles. The van der Waals surface area contributed by atoms with Crippen LogP contribution in [0.5, 0.6) is 0 Å². The summed E-state index contributed by atoms with van der Waals surface area (Å²) in [7, 11) is 3.75. The Hall–Kier alpha value is -2.97. The lowest BCUT2D eigenvalue weighted by atomic mass is 10.0. The van der Waals surface area contributed by atoms with Gasteiger partial charge in [0, 0.05) is 30.9 Å². The number of amides is 3. The van der Waals surface area contributed by atoms with Gasteiger partial charge in [0.1, 0.15) is 5.82 Å². The summed E-state index contributed by atoms with van der Waals surface area (Å²) in [6.07, 6.45) is 0. The third-order valence-corrected chi connectivity index (χ3v) is 5.42. The van der Waals surface area contributed by atoms with Crippen LogP contribution < -0.4 is 10.6 Å².